The smallest absolute Gasteiger partial charge is 0.327 e. The zero-order valence-corrected chi connectivity index (χ0v) is 5.28. The predicted molar refractivity (Wildman–Crippen MR) is 35.0 cm³/mol. The molecule has 0 aromatic rings. The zero-order chi connectivity index (χ0) is 7.40. The van der Waals surface area contributed by atoms with Crippen LogP contribution in [0.5, 0.6) is 0 Å². The van der Waals surface area contributed by atoms with Crippen molar-refractivity contribution < 1.29 is 9.63 Å². The Morgan fingerprint density at radius 2 is 2.70 bits per heavy atom. The standard InChI is InChI=1S/C6H6N2O2/c1-2-6(9)10-8-4-3-7-5-8/h1,5H,3-4H2. The van der Waals surface area contributed by atoms with E-state index in [9.17, 15) is 4.79 Å². The van der Waals surface area contributed by atoms with E-state index in [1.54, 1.807) is 0 Å². The van der Waals surface area contributed by atoms with Gasteiger partial charge in [0.05, 0.1) is 13.1 Å². The number of aliphatic imine (C=N–C) groups is 1. The van der Waals surface area contributed by atoms with Crippen LogP contribution in [0.1, 0.15) is 0 Å². The van der Waals surface area contributed by atoms with Crippen LogP contribution < -0.4 is 0 Å². The number of rotatable bonds is 1. The molecule has 0 N–H and O–H groups in total. The van der Waals surface area contributed by atoms with E-state index in [-0.39, 0.29) is 0 Å². The fraction of sp³-hybridized carbons (Fsp3) is 0.333. The van der Waals surface area contributed by atoms with Crippen molar-refractivity contribution in [2.24, 2.45) is 4.99 Å². The van der Waals surface area contributed by atoms with Crippen molar-refractivity contribution in [2.75, 3.05) is 13.1 Å². The molecule has 52 valence electrons. The second kappa shape index (κ2) is 2.87. The summed E-state index contributed by atoms with van der Waals surface area (Å²) in [5.41, 5.74) is 0. The van der Waals surface area contributed by atoms with E-state index in [4.69, 9.17) is 6.42 Å². The molecule has 0 spiro atoms. The first-order valence-corrected chi connectivity index (χ1v) is 2.78. The van der Waals surface area contributed by atoms with Crippen LogP contribution in [-0.4, -0.2) is 30.5 Å². The Labute approximate surface area is 58.4 Å². The molecule has 4 heteroatoms. The summed E-state index contributed by atoms with van der Waals surface area (Å²) in [5.74, 6) is 1.14. The highest BCUT2D eigenvalue weighted by Crippen LogP contribution is 1.93. The minimum Gasteiger partial charge on any atom is -0.327 e. The van der Waals surface area contributed by atoms with E-state index in [2.05, 4.69) is 9.83 Å². The van der Waals surface area contributed by atoms with Crippen LogP contribution in [-0.2, 0) is 9.63 Å². The Kier molecular flexibility index (Phi) is 1.90. The lowest BCUT2D eigenvalue weighted by Gasteiger charge is -2.09. The summed E-state index contributed by atoms with van der Waals surface area (Å²) < 4.78 is 0. The zero-order valence-electron chi connectivity index (χ0n) is 5.28. The summed E-state index contributed by atoms with van der Waals surface area (Å²) in [5, 5.41) is 1.31. The topological polar surface area (TPSA) is 41.9 Å². The molecule has 0 saturated carbocycles. The van der Waals surface area contributed by atoms with Crippen molar-refractivity contribution in [3.63, 3.8) is 0 Å². The van der Waals surface area contributed by atoms with Gasteiger partial charge in [-0.15, -0.1) is 6.42 Å². The van der Waals surface area contributed by atoms with Crippen LogP contribution in [0.3, 0.4) is 0 Å². The molecular weight excluding hydrogens is 132 g/mol. The van der Waals surface area contributed by atoms with E-state index in [1.165, 1.54) is 11.4 Å². The molecule has 4 nitrogen and oxygen atoms in total. The normalized spacial score (nSPS) is 14.9. The molecule has 0 fully saturated rings. The first-order valence-electron chi connectivity index (χ1n) is 2.78. The third-order valence-electron chi connectivity index (χ3n) is 0.978. The number of hydrogen-bond acceptors (Lipinski definition) is 4. The van der Waals surface area contributed by atoms with Gasteiger partial charge in [0.25, 0.3) is 0 Å². The lowest BCUT2D eigenvalue weighted by Crippen LogP contribution is -2.23. The minimum absolute atomic E-state index is 0.591. The van der Waals surface area contributed by atoms with Crippen LogP contribution in [0.4, 0.5) is 0 Å². The number of carbonyl (C=O) groups is 1. The molecule has 0 aromatic heterocycles. The second-order valence-electron chi connectivity index (χ2n) is 1.69. The van der Waals surface area contributed by atoms with E-state index < -0.39 is 5.97 Å². The largest absolute Gasteiger partial charge is 0.408 e. The van der Waals surface area contributed by atoms with Gasteiger partial charge in [0.1, 0.15) is 6.34 Å². The number of hydrogen-bond donors (Lipinski definition) is 0. The van der Waals surface area contributed by atoms with Gasteiger partial charge in [-0.1, -0.05) is 0 Å². The molecular formula is C6H6N2O2. The Hall–Kier alpha value is -1.50. The van der Waals surface area contributed by atoms with E-state index in [0.29, 0.717) is 13.1 Å². The van der Waals surface area contributed by atoms with Gasteiger partial charge in [-0.3, -0.25) is 4.99 Å². The Balaban J connectivity index is 2.33. The van der Waals surface area contributed by atoms with Crippen molar-refractivity contribution in [3.05, 3.63) is 0 Å². The van der Waals surface area contributed by atoms with Gasteiger partial charge in [-0.25, -0.2) is 4.79 Å². The van der Waals surface area contributed by atoms with Crippen molar-refractivity contribution in [2.45, 2.75) is 0 Å². The first kappa shape index (κ1) is 6.62. The summed E-state index contributed by atoms with van der Waals surface area (Å²) in [6.07, 6.45) is 6.19. The molecule has 0 aliphatic carbocycles. The number of terminal acetylenes is 1. The van der Waals surface area contributed by atoms with Gasteiger partial charge in [0.2, 0.25) is 0 Å². The number of hydroxylamine groups is 2. The number of carbonyl (C=O) groups excluding carboxylic acids is 1. The van der Waals surface area contributed by atoms with Gasteiger partial charge in [-0.2, -0.15) is 5.06 Å². The van der Waals surface area contributed by atoms with Crippen molar-refractivity contribution in [3.8, 4) is 12.3 Å². The molecule has 10 heavy (non-hydrogen) atoms. The van der Waals surface area contributed by atoms with Gasteiger partial charge in [0, 0.05) is 5.92 Å². The second-order valence-corrected chi connectivity index (χ2v) is 1.69. The maximum Gasteiger partial charge on any atom is 0.408 e. The van der Waals surface area contributed by atoms with Gasteiger partial charge in [0.15, 0.2) is 0 Å². The summed E-state index contributed by atoms with van der Waals surface area (Å²) in [4.78, 5) is 18.8. The Morgan fingerprint density at radius 3 is 3.20 bits per heavy atom. The van der Waals surface area contributed by atoms with Crippen LogP contribution in [0.15, 0.2) is 4.99 Å². The van der Waals surface area contributed by atoms with E-state index in [0.717, 1.165) is 0 Å². The van der Waals surface area contributed by atoms with Crippen LogP contribution in [0.2, 0.25) is 0 Å². The monoisotopic (exact) mass is 138 g/mol. The molecule has 1 aliphatic heterocycles. The maximum absolute atomic E-state index is 10.4. The van der Waals surface area contributed by atoms with E-state index >= 15 is 0 Å². The maximum atomic E-state index is 10.4. The molecule has 1 rings (SSSR count). The van der Waals surface area contributed by atoms with Gasteiger partial charge in [-0.05, 0) is 0 Å². The Bertz CT molecular complexity index is 204. The summed E-state index contributed by atoms with van der Waals surface area (Å²) in [7, 11) is 0. The van der Waals surface area contributed by atoms with Crippen LogP contribution in [0, 0.1) is 12.3 Å². The minimum atomic E-state index is -0.687. The molecule has 0 saturated heterocycles. The highest BCUT2D eigenvalue weighted by molar-refractivity contribution is 5.88. The fourth-order valence-electron chi connectivity index (χ4n) is 0.565. The van der Waals surface area contributed by atoms with Crippen LogP contribution in [0.25, 0.3) is 0 Å². The van der Waals surface area contributed by atoms with Crippen LogP contribution >= 0.6 is 0 Å². The predicted octanol–water partition coefficient (Wildman–Crippen LogP) is -0.578. The molecule has 0 radical (unpaired) electrons. The molecule has 0 atom stereocenters. The van der Waals surface area contributed by atoms with Gasteiger partial charge >= 0.3 is 5.97 Å². The highest BCUT2D eigenvalue weighted by atomic mass is 16.7. The quantitative estimate of drug-likeness (QED) is 0.455. The molecule has 0 amide bonds. The Morgan fingerprint density at radius 1 is 1.90 bits per heavy atom. The van der Waals surface area contributed by atoms with Gasteiger partial charge < -0.3 is 4.84 Å². The summed E-state index contributed by atoms with van der Waals surface area (Å²) in [6.45, 7) is 1.24. The van der Waals surface area contributed by atoms with Crippen molar-refractivity contribution in [1.82, 2.24) is 5.06 Å². The SMILES string of the molecule is C#CC(=O)ON1C=NCC1. The lowest BCUT2D eigenvalue weighted by molar-refractivity contribution is -0.162. The summed E-state index contributed by atoms with van der Waals surface area (Å²) >= 11 is 0. The lowest BCUT2D eigenvalue weighted by atomic mass is 10.7. The average molecular weight is 138 g/mol. The summed E-state index contributed by atoms with van der Waals surface area (Å²) in [6, 6.07) is 0. The molecule has 1 heterocycles. The van der Waals surface area contributed by atoms with E-state index in [1.807, 2.05) is 5.92 Å². The highest BCUT2D eigenvalue weighted by Gasteiger charge is 2.08. The fourth-order valence-corrected chi connectivity index (χ4v) is 0.565. The first-order chi connectivity index (χ1) is 4.83. The molecule has 1 aliphatic rings. The number of nitrogens with zero attached hydrogens (tertiary/aromatic N) is 2. The van der Waals surface area contributed by atoms with Crippen molar-refractivity contribution >= 4 is 12.3 Å². The molecule has 0 unspecified atom stereocenters. The average Bonchev–Trinajstić information content (AvgIpc) is 2.40. The molecule has 0 bridgehead atoms. The third-order valence-corrected chi connectivity index (χ3v) is 0.978. The third kappa shape index (κ3) is 1.49. The molecule has 0 aromatic carbocycles. The van der Waals surface area contributed by atoms with Crippen molar-refractivity contribution in [1.29, 1.82) is 0 Å².